The van der Waals surface area contributed by atoms with Crippen LogP contribution in [-0.4, -0.2) is 40.1 Å². The first-order valence-corrected chi connectivity index (χ1v) is 8.95. The Bertz CT molecular complexity index is 881. The predicted molar refractivity (Wildman–Crippen MR) is 97.1 cm³/mol. The van der Waals surface area contributed by atoms with E-state index in [0.29, 0.717) is 4.90 Å². The highest BCUT2D eigenvalue weighted by molar-refractivity contribution is 7.09. The summed E-state index contributed by atoms with van der Waals surface area (Å²) >= 11 is 13.3. The lowest BCUT2D eigenvalue weighted by Gasteiger charge is -2.15. The molecule has 1 fully saturated rings. The van der Waals surface area contributed by atoms with Crippen LogP contribution in [-0.2, 0) is 20.9 Å². The lowest BCUT2D eigenvalue weighted by Crippen LogP contribution is -2.38. The second-order valence-electron chi connectivity index (χ2n) is 5.29. The van der Waals surface area contributed by atoms with Crippen molar-refractivity contribution in [2.75, 3.05) is 11.9 Å². The summed E-state index contributed by atoms with van der Waals surface area (Å²) < 4.78 is 0. The number of rotatable bonds is 5. The molecule has 1 aliphatic rings. The second-order valence-corrected chi connectivity index (χ2v) is 7.14. The van der Waals surface area contributed by atoms with Gasteiger partial charge in [-0.3, -0.25) is 19.3 Å². The molecule has 2 heterocycles. The molecular formula is C16H11Cl2N3O4S. The molecule has 134 valence electrons. The van der Waals surface area contributed by atoms with Gasteiger partial charge in [-0.25, -0.2) is 9.69 Å². The van der Waals surface area contributed by atoms with Crippen molar-refractivity contribution in [3.63, 3.8) is 0 Å². The molecule has 5 amide bonds. The fourth-order valence-corrected chi connectivity index (χ4v) is 3.51. The van der Waals surface area contributed by atoms with E-state index in [-0.39, 0.29) is 22.3 Å². The largest absolute Gasteiger partial charge is 0.335 e. The fraction of sp³-hybridized carbons (Fsp3) is 0.125. The number of nitrogens with zero attached hydrogens (tertiary/aromatic N) is 2. The van der Waals surface area contributed by atoms with Crippen molar-refractivity contribution >= 4 is 64.0 Å². The number of hydrogen-bond donors (Lipinski definition) is 1. The van der Waals surface area contributed by atoms with E-state index >= 15 is 0 Å². The monoisotopic (exact) mass is 411 g/mol. The van der Waals surface area contributed by atoms with Crippen LogP contribution >= 0.6 is 34.5 Å². The van der Waals surface area contributed by atoms with Crippen LogP contribution in [0.15, 0.2) is 35.7 Å². The Balaban J connectivity index is 1.71. The number of nitrogens with one attached hydrogen (secondary N) is 1. The first kappa shape index (κ1) is 18.4. The Morgan fingerprint density at radius 1 is 1.00 bits per heavy atom. The van der Waals surface area contributed by atoms with Crippen molar-refractivity contribution in [1.29, 1.82) is 0 Å². The smallest absolute Gasteiger partial charge is 0.322 e. The van der Waals surface area contributed by atoms with Gasteiger partial charge in [-0.05, 0) is 23.6 Å². The highest BCUT2D eigenvalue weighted by atomic mass is 35.5. The number of carbonyl (C=O) groups is 4. The lowest BCUT2D eigenvalue weighted by molar-refractivity contribution is -0.143. The molecule has 0 radical (unpaired) electrons. The number of imide groups is 2. The molecule has 1 N–H and O–H groups in total. The third kappa shape index (κ3) is 3.57. The normalized spacial score (nSPS) is 14.3. The minimum Gasteiger partial charge on any atom is -0.322 e. The minimum atomic E-state index is -1.05. The molecule has 0 saturated carbocycles. The van der Waals surface area contributed by atoms with Gasteiger partial charge in [0.25, 0.3) is 0 Å². The molecule has 0 aliphatic carbocycles. The number of anilines is 1. The molecule has 26 heavy (non-hydrogen) atoms. The van der Waals surface area contributed by atoms with E-state index in [1.54, 1.807) is 23.6 Å². The average molecular weight is 412 g/mol. The number of urea groups is 1. The van der Waals surface area contributed by atoms with Crippen molar-refractivity contribution in [2.45, 2.75) is 6.54 Å². The van der Waals surface area contributed by atoms with E-state index in [9.17, 15) is 19.2 Å². The van der Waals surface area contributed by atoms with Crippen LogP contribution < -0.4 is 5.32 Å². The number of hydrogen-bond acceptors (Lipinski definition) is 5. The molecule has 10 heteroatoms. The zero-order valence-electron chi connectivity index (χ0n) is 13.1. The molecule has 1 aromatic heterocycles. The average Bonchev–Trinajstić information content (AvgIpc) is 3.18. The Morgan fingerprint density at radius 3 is 2.27 bits per heavy atom. The van der Waals surface area contributed by atoms with E-state index in [2.05, 4.69) is 5.32 Å². The van der Waals surface area contributed by atoms with Crippen molar-refractivity contribution < 1.29 is 19.2 Å². The second kappa shape index (κ2) is 7.45. The highest BCUT2D eigenvalue weighted by Gasteiger charge is 2.45. The van der Waals surface area contributed by atoms with E-state index in [0.717, 1.165) is 9.78 Å². The van der Waals surface area contributed by atoms with E-state index < -0.39 is 30.3 Å². The highest BCUT2D eigenvalue weighted by Crippen LogP contribution is 2.29. The van der Waals surface area contributed by atoms with Crippen molar-refractivity contribution in [2.24, 2.45) is 0 Å². The summed E-state index contributed by atoms with van der Waals surface area (Å²) in [4.78, 5) is 50.8. The van der Waals surface area contributed by atoms with Crippen molar-refractivity contribution in [3.8, 4) is 0 Å². The topological polar surface area (TPSA) is 86.8 Å². The van der Waals surface area contributed by atoms with E-state index in [4.69, 9.17) is 23.2 Å². The molecule has 0 spiro atoms. The summed E-state index contributed by atoms with van der Waals surface area (Å²) in [7, 11) is 0. The Hall–Kier alpha value is -2.42. The third-order valence-corrected chi connectivity index (χ3v) is 5.05. The number of para-hydroxylation sites is 1. The van der Waals surface area contributed by atoms with E-state index in [1.807, 2.05) is 0 Å². The van der Waals surface area contributed by atoms with Gasteiger partial charge in [-0.1, -0.05) is 35.3 Å². The van der Waals surface area contributed by atoms with Crippen LogP contribution in [0.3, 0.4) is 0 Å². The van der Waals surface area contributed by atoms with Gasteiger partial charge in [0.15, 0.2) is 0 Å². The van der Waals surface area contributed by atoms with Crippen LogP contribution in [0.1, 0.15) is 4.88 Å². The minimum absolute atomic E-state index is 0.0183. The van der Waals surface area contributed by atoms with Gasteiger partial charge >= 0.3 is 17.8 Å². The standard InChI is InChI=1S/C16H11Cl2N3O4S/c17-10-4-1-5-11(18)13(10)19-12(22)8-21-15(24)14(23)20(16(21)25)7-9-3-2-6-26-9/h1-6H,7-8H2,(H,19,22). The predicted octanol–water partition coefficient (Wildman–Crippen LogP) is 2.98. The zero-order chi connectivity index (χ0) is 18.8. The zero-order valence-corrected chi connectivity index (χ0v) is 15.4. The maximum Gasteiger partial charge on any atom is 0.335 e. The Morgan fingerprint density at radius 2 is 1.65 bits per heavy atom. The molecule has 7 nitrogen and oxygen atoms in total. The first-order chi connectivity index (χ1) is 12.4. The van der Waals surface area contributed by atoms with E-state index in [1.165, 1.54) is 23.5 Å². The number of carbonyl (C=O) groups excluding carboxylic acids is 4. The quantitative estimate of drug-likeness (QED) is 0.604. The molecule has 1 aliphatic heterocycles. The SMILES string of the molecule is O=C(CN1C(=O)C(=O)N(Cc2cccs2)C1=O)Nc1c(Cl)cccc1Cl. The Kier molecular flexibility index (Phi) is 5.26. The van der Waals surface area contributed by atoms with Crippen LogP contribution in [0.5, 0.6) is 0 Å². The van der Waals surface area contributed by atoms with Crippen molar-refractivity contribution in [3.05, 3.63) is 50.6 Å². The lowest BCUT2D eigenvalue weighted by atomic mass is 10.3. The Labute approximate surface area is 162 Å². The number of halogens is 2. The first-order valence-electron chi connectivity index (χ1n) is 7.32. The summed E-state index contributed by atoms with van der Waals surface area (Å²) in [5.74, 6) is -2.72. The summed E-state index contributed by atoms with van der Waals surface area (Å²) in [6.45, 7) is -0.637. The molecule has 3 rings (SSSR count). The van der Waals surface area contributed by atoms with Gasteiger partial charge in [0, 0.05) is 4.88 Å². The molecule has 2 aromatic rings. The molecule has 1 saturated heterocycles. The van der Waals surface area contributed by atoms with Gasteiger partial charge in [-0.15, -0.1) is 11.3 Å². The summed E-state index contributed by atoms with van der Waals surface area (Å²) in [5, 5.41) is 4.65. The number of benzene rings is 1. The van der Waals surface area contributed by atoms with Gasteiger partial charge in [0.2, 0.25) is 5.91 Å². The van der Waals surface area contributed by atoms with Gasteiger partial charge in [0.1, 0.15) is 6.54 Å². The molecule has 0 atom stereocenters. The van der Waals surface area contributed by atoms with Gasteiger partial charge in [0.05, 0.1) is 22.3 Å². The third-order valence-electron chi connectivity index (χ3n) is 3.56. The molecule has 0 unspecified atom stereocenters. The maximum atomic E-state index is 12.4. The van der Waals surface area contributed by atoms with Crippen LogP contribution in [0, 0.1) is 0 Å². The summed E-state index contributed by atoms with van der Waals surface area (Å²) in [6, 6.07) is 7.34. The molecule has 0 bridgehead atoms. The van der Waals surface area contributed by atoms with Gasteiger partial charge < -0.3 is 5.32 Å². The number of amides is 5. The summed E-state index contributed by atoms with van der Waals surface area (Å²) in [6.07, 6.45) is 0. The number of thiophene rings is 1. The fourth-order valence-electron chi connectivity index (χ4n) is 2.33. The van der Waals surface area contributed by atoms with Crippen LogP contribution in [0.4, 0.5) is 10.5 Å². The van der Waals surface area contributed by atoms with Crippen molar-refractivity contribution in [1.82, 2.24) is 9.80 Å². The molecular weight excluding hydrogens is 401 g/mol. The maximum absolute atomic E-state index is 12.4. The molecule has 1 aromatic carbocycles. The van der Waals surface area contributed by atoms with Crippen LogP contribution in [0.2, 0.25) is 10.0 Å². The van der Waals surface area contributed by atoms with Gasteiger partial charge in [-0.2, -0.15) is 0 Å². The van der Waals surface area contributed by atoms with Crippen LogP contribution in [0.25, 0.3) is 0 Å². The summed E-state index contributed by atoms with van der Waals surface area (Å²) in [5.41, 5.74) is 0.168.